The van der Waals surface area contributed by atoms with Gasteiger partial charge in [-0.2, -0.15) is 0 Å². The van der Waals surface area contributed by atoms with Gasteiger partial charge < -0.3 is 11.1 Å². The van der Waals surface area contributed by atoms with Gasteiger partial charge in [0.15, 0.2) is 0 Å². The van der Waals surface area contributed by atoms with Crippen molar-refractivity contribution in [2.24, 2.45) is 11.7 Å². The fourth-order valence-corrected chi connectivity index (χ4v) is 2.80. The van der Waals surface area contributed by atoms with E-state index in [0.717, 1.165) is 0 Å². The number of benzene rings is 1. The number of hydrogen-bond donors (Lipinski definition) is 3. The molecule has 0 spiro atoms. The molecule has 0 aliphatic heterocycles. The molecule has 0 fully saturated rings. The van der Waals surface area contributed by atoms with Gasteiger partial charge >= 0.3 is 0 Å². The molecule has 1 amide bonds. The zero-order chi connectivity index (χ0) is 15.9. The van der Waals surface area contributed by atoms with Crippen molar-refractivity contribution in [2.45, 2.75) is 20.3 Å². The number of nitrogens with one attached hydrogen (secondary N) is 2. The quantitative estimate of drug-likeness (QED) is 0.670. The molecule has 1 aromatic carbocycles. The van der Waals surface area contributed by atoms with Gasteiger partial charge in [-0.3, -0.25) is 9.52 Å². The summed E-state index contributed by atoms with van der Waals surface area (Å²) in [6.07, 6.45) is 0.534. The van der Waals surface area contributed by atoms with E-state index in [1.165, 1.54) is 6.07 Å². The van der Waals surface area contributed by atoms with Crippen molar-refractivity contribution in [1.29, 1.82) is 0 Å². The minimum Gasteiger partial charge on any atom is -0.352 e. The second-order valence-corrected chi connectivity index (χ2v) is 6.89. The predicted molar refractivity (Wildman–Crippen MR) is 84.7 cm³/mol. The van der Waals surface area contributed by atoms with Crippen molar-refractivity contribution in [1.82, 2.24) is 5.32 Å². The van der Waals surface area contributed by atoms with E-state index >= 15 is 0 Å². The number of anilines is 1. The molecule has 0 heterocycles. The maximum atomic E-state index is 12.0. The SMILES string of the molecule is CCCS(=O)(=O)Nc1cccc(C(=O)NCC(C)CN)c1. The van der Waals surface area contributed by atoms with Gasteiger partial charge in [0.05, 0.1) is 5.75 Å². The van der Waals surface area contributed by atoms with E-state index in [9.17, 15) is 13.2 Å². The summed E-state index contributed by atoms with van der Waals surface area (Å²) in [6, 6.07) is 6.42. The van der Waals surface area contributed by atoms with Crippen LogP contribution in [-0.2, 0) is 10.0 Å². The zero-order valence-electron chi connectivity index (χ0n) is 12.4. The summed E-state index contributed by atoms with van der Waals surface area (Å²) in [7, 11) is -3.36. The second kappa shape index (κ2) is 7.99. The third kappa shape index (κ3) is 6.14. The monoisotopic (exact) mass is 313 g/mol. The fraction of sp³-hybridized carbons (Fsp3) is 0.500. The highest BCUT2D eigenvalue weighted by molar-refractivity contribution is 7.92. The Hall–Kier alpha value is -1.60. The molecular formula is C14H23N3O3S. The lowest BCUT2D eigenvalue weighted by Gasteiger charge is -2.11. The van der Waals surface area contributed by atoms with Gasteiger partial charge in [-0.25, -0.2) is 8.42 Å². The molecule has 21 heavy (non-hydrogen) atoms. The molecule has 0 bridgehead atoms. The summed E-state index contributed by atoms with van der Waals surface area (Å²) in [6.45, 7) is 4.72. The maximum absolute atomic E-state index is 12.0. The van der Waals surface area contributed by atoms with E-state index in [4.69, 9.17) is 5.73 Å². The van der Waals surface area contributed by atoms with E-state index in [1.807, 2.05) is 6.92 Å². The summed E-state index contributed by atoms with van der Waals surface area (Å²) in [5.74, 6) is 0.00397. The minimum absolute atomic E-state index is 0.0530. The van der Waals surface area contributed by atoms with Crippen molar-refractivity contribution in [3.05, 3.63) is 29.8 Å². The molecule has 0 saturated carbocycles. The van der Waals surface area contributed by atoms with E-state index in [1.54, 1.807) is 25.1 Å². The molecule has 0 aliphatic carbocycles. The molecule has 0 radical (unpaired) electrons. The molecule has 0 aromatic heterocycles. The molecule has 1 atom stereocenters. The van der Waals surface area contributed by atoms with Crippen LogP contribution in [0.15, 0.2) is 24.3 Å². The number of carbonyl (C=O) groups is 1. The van der Waals surface area contributed by atoms with Crippen LogP contribution in [0.2, 0.25) is 0 Å². The topological polar surface area (TPSA) is 101 Å². The van der Waals surface area contributed by atoms with Crippen molar-refractivity contribution < 1.29 is 13.2 Å². The molecule has 4 N–H and O–H groups in total. The van der Waals surface area contributed by atoms with Crippen molar-refractivity contribution in [3.63, 3.8) is 0 Å². The average molecular weight is 313 g/mol. The van der Waals surface area contributed by atoms with Crippen LogP contribution in [0.3, 0.4) is 0 Å². The highest BCUT2D eigenvalue weighted by atomic mass is 32.2. The molecule has 0 aliphatic rings. The molecule has 0 saturated heterocycles. The van der Waals surface area contributed by atoms with Crippen molar-refractivity contribution >= 4 is 21.6 Å². The van der Waals surface area contributed by atoms with Crippen molar-refractivity contribution in [3.8, 4) is 0 Å². The predicted octanol–water partition coefficient (Wildman–Crippen LogP) is 1.16. The van der Waals surface area contributed by atoms with Gasteiger partial charge in [-0.1, -0.05) is 19.9 Å². The Balaban J connectivity index is 2.74. The largest absolute Gasteiger partial charge is 0.352 e. The lowest BCUT2D eigenvalue weighted by atomic mass is 10.1. The maximum Gasteiger partial charge on any atom is 0.251 e. The molecule has 1 unspecified atom stereocenters. The number of carbonyl (C=O) groups excluding carboxylic acids is 1. The molecule has 118 valence electrons. The summed E-state index contributed by atoms with van der Waals surface area (Å²) < 4.78 is 25.9. The Bertz CT molecular complexity index is 573. The third-order valence-corrected chi connectivity index (χ3v) is 4.38. The number of rotatable bonds is 8. The number of nitrogens with two attached hydrogens (primary N) is 1. The van der Waals surface area contributed by atoms with E-state index in [-0.39, 0.29) is 17.6 Å². The third-order valence-electron chi connectivity index (χ3n) is 2.88. The lowest BCUT2D eigenvalue weighted by Crippen LogP contribution is -2.31. The van der Waals surface area contributed by atoms with Gasteiger partial charge in [-0.15, -0.1) is 0 Å². The Morgan fingerprint density at radius 2 is 2.10 bits per heavy atom. The second-order valence-electron chi connectivity index (χ2n) is 5.05. The van der Waals surface area contributed by atoms with Crippen LogP contribution < -0.4 is 15.8 Å². The van der Waals surface area contributed by atoms with Gasteiger partial charge in [0.25, 0.3) is 5.91 Å². The first-order chi connectivity index (χ1) is 9.88. The average Bonchev–Trinajstić information content (AvgIpc) is 2.43. The first-order valence-electron chi connectivity index (χ1n) is 6.96. The molecule has 7 heteroatoms. The number of sulfonamides is 1. The lowest BCUT2D eigenvalue weighted by molar-refractivity contribution is 0.0948. The van der Waals surface area contributed by atoms with Crippen LogP contribution in [-0.4, -0.2) is 33.2 Å². The van der Waals surface area contributed by atoms with E-state index < -0.39 is 10.0 Å². The smallest absolute Gasteiger partial charge is 0.251 e. The minimum atomic E-state index is -3.36. The normalized spacial score (nSPS) is 12.7. The zero-order valence-corrected chi connectivity index (χ0v) is 13.2. The number of amides is 1. The summed E-state index contributed by atoms with van der Waals surface area (Å²) in [5.41, 5.74) is 6.30. The first kappa shape index (κ1) is 17.5. The highest BCUT2D eigenvalue weighted by Gasteiger charge is 2.11. The van der Waals surface area contributed by atoms with Crippen molar-refractivity contribution in [2.75, 3.05) is 23.6 Å². The number of hydrogen-bond acceptors (Lipinski definition) is 4. The Labute approximate surface area is 126 Å². The summed E-state index contributed by atoms with van der Waals surface area (Å²) in [4.78, 5) is 12.0. The Morgan fingerprint density at radius 3 is 2.71 bits per heavy atom. The Kier molecular flexibility index (Phi) is 6.64. The van der Waals surface area contributed by atoms with Gasteiger partial charge in [0.2, 0.25) is 10.0 Å². The molecule has 1 aromatic rings. The van der Waals surface area contributed by atoms with E-state index in [2.05, 4.69) is 10.0 Å². The van der Waals surface area contributed by atoms with Crippen LogP contribution in [0.5, 0.6) is 0 Å². The van der Waals surface area contributed by atoms with Crippen LogP contribution >= 0.6 is 0 Å². The van der Waals surface area contributed by atoms with Gasteiger partial charge in [0.1, 0.15) is 0 Å². The first-order valence-corrected chi connectivity index (χ1v) is 8.62. The van der Waals surface area contributed by atoms with Gasteiger partial charge in [0, 0.05) is 17.8 Å². The van der Waals surface area contributed by atoms with Crippen LogP contribution in [0.25, 0.3) is 0 Å². The fourth-order valence-electron chi connectivity index (χ4n) is 1.68. The highest BCUT2D eigenvalue weighted by Crippen LogP contribution is 2.13. The molecule has 6 nitrogen and oxygen atoms in total. The van der Waals surface area contributed by atoms with Gasteiger partial charge in [-0.05, 0) is 37.1 Å². The Morgan fingerprint density at radius 1 is 1.38 bits per heavy atom. The van der Waals surface area contributed by atoms with Crippen LogP contribution in [0.4, 0.5) is 5.69 Å². The standard InChI is InChI=1S/C14H23N3O3S/c1-3-7-21(19,20)17-13-6-4-5-12(8-13)14(18)16-10-11(2)9-15/h4-6,8,11,17H,3,7,9-10,15H2,1-2H3,(H,16,18). The molecule has 1 rings (SSSR count). The summed E-state index contributed by atoms with van der Waals surface area (Å²) >= 11 is 0. The van der Waals surface area contributed by atoms with Crippen LogP contribution in [0.1, 0.15) is 30.6 Å². The van der Waals surface area contributed by atoms with Crippen LogP contribution in [0, 0.1) is 5.92 Å². The van der Waals surface area contributed by atoms with E-state index in [0.29, 0.717) is 30.8 Å². The summed E-state index contributed by atoms with van der Waals surface area (Å²) in [5, 5.41) is 2.77. The molecular weight excluding hydrogens is 290 g/mol.